The molecular weight excluding hydrogens is 1030 g/mol. The summed E-state index contributed by atoms with van der Waals surface area (Å²) in [4.78, 5) is 0. The minimum absolute atomic E-state index is 0. The summed E-state index contributed by atoms with van der Waals surface area (Å²) >= 11 is 0. The average molecular weight is 1190 g/mol. The second kappa shape index (κ2) is 47.8. The molecule has 0 amide bonds. The van der Waals surface area contributed by atoms with Gasteiger partial charge in [-0.15, -0.1) is 0 Å². The van der Waals surface area contributed by atoms with Gasteiger partial charge in [0.2, 0.25) is 0 Å². The van der Waals surface area contributed by atoms with E-state index in [1.54, 1.807) is 78.0 Å². The van der Waals surface area contributed by atoms with E-state index in [1.165, 1.54) is 62.5 Å². The lowest BCUT2D eigenvalue weighted by Crippen LogP contribution is -2.34. The zero-order valence-electron chi connectivity index (χ0n) is 60.5. The van der Waals surface area contributed by atoms with E-state index in [2.05, 4.69) is 208 Å². The quantitative estimate of drug-likeness (QED) is 0.165. The molecule has 8 aliphatic carbocycles. The van der Waals surface area contributed by atoms with Crippen molar-refractivity contribution in [3.05, 3.63) is 175 Å². The van der Waals surface area contributed by atoms with Crippen molar-refractivity contribution >= 4 is 11.1 Å². The molecule has 12 rings (SSSR count). The molecule has 0 heterocycles. The lowest BCUT2D eigenvalue weighted by atomic mass is 9.64. The average Bonchev–Trinajstić information content (AvgIpc) is 1.64. The summed E-state index contributed by atoms with van der Waals surface area (Å²) in [6.07, 6.45) is 9.97. The standard InChI is InChI=1S/2C27H28.4C3H8.8C2H6.4CH4/c1-15-13-19-14-22-21-10-6-8-12-24(21)27(26(22)25(19)16(15)2)18(4)17(3)20-9-5-7-11-23(20)27;1-15-13-22-21(16(15)2)14-25-26(22)20-10-6-8-12-24(20)27(25)18(4)17(3)19-9-5-7-11-23(19)27;4*1-3-2;8*1-2;;;;/h2*5-12,15-18H,13-14H2,1-4H3;4*3H2,1-2H3;8*1-2H3;4*1H4/t2*15-,16-,17-,18+,27?;;;;;;;;;;;;;;;;/m00................/s1. The van der Waals surface area contributed by atoms with Crippen molar-refractivity contribution in [2.24, 2.45) is 35.5 Å². The molecule has 0 bridgehead atoms. The van der Waals surface area contributed by atoms with Crippen molar-refractivity contribution in [2.75, 3.05) is 0 Å². The van der Waals surface area contributed by atoms with Crippen molar-refractivity contribution in [3.63, 3.8) is 0 Å². The Morgan fingerprint density at radius 2 is 0.674 bits per heavy atom. The predicted octanol–water partition coefficient (Wildman–Crippen LogP) is 30.2. The van der Waals surface area contributed by atoms with Crippen LogP contribution in [0.3, 0.4) is 0 Å². The van der Waals surface area contributed by atoms with Crippen LogP contribution in [0.4, 0.5) is 0 Å². The fraction of sp³-hybridized carbons (Fsp3) is 0.628. The van der Waals surface area contributed by atoms with Crippen molar-refractivity contribution in [1.82, 2.24) is 0 Å². The summed E-state index contributed by atoms with van der Waals surface area (Å²) in [6.45, 7) is 68.7. The first-order valence-corrected chi connectivity index (χ1v) is 35.1. The first-order chi connectivity index (χ1) is 39.8. The summed E-state index contributed by atoms with van der Waals surface area (Å²) in [5.74, 6) is 5.41. The third-order valence-electron chi connectivity index (χ3n) is 17.3. The van der Waals surface area contributed by atoms with Gasteiger partial charge in [0.05, 0.1) is 0 Å². The van der Waals surface area contributed by atoms with Gasteiger partial charge in [0.1, 0.15) is 0 Å². The molecule has 496 valence electrons. The van der Waals surface area contributed by atoms with Crippen LogP contribution in [0.2, 0.25) is 0 Å². The predicted molar refractivity (Wildman–Crippen MR) is 407 cm³/mol. The fourth-order valence-corrected chi connectivity index (χ4v) is 14.2. The van der Waals surface area contributed by atoms with E-state index in [-0.39, 0.29) is 40.5 Å². The molecule has 0 aliphatic heterocycles. The number of hydrogen-bond donors (Lipinski definition) is 0. The molecule has 0 N–H and O–H groups in total. The summed E-state index contributed by atoms with van der Waals surface area (Å²) in [5, 5.41) is 0. The lowest BCUT2D eigenvalue weighted by Gasteiger charge is -2.38. The Morgan fingerprint density at radius 1 is 0.349 bits per heavy atom. The summed E-state index contributed by atoms with van der Waals surface area (Å²) in [7, 11) is 0. The van der Waals surface area contributed by atoms with E-state index >= 15 is 0 Å². The highest BCUT2D eigenvalue weighted by atomic mass is 14.6. The number of fused-ring (bicyclic) bond motifs is 14. The molecule has 8 aliphatic rings. The maximum absolute atomic E-state index is 2.51. The molecule has 10 atom stereocenters. The number of hydrogen-bond acceptors (Lipinski definition) is 0. The normalized spacial score (nSPS) is 23.8. The molecule has 0 radical (unpaired) electrons. The first kappa shape index (κ1) is 93.0. The molecule has 0 saturated carbocycles. The first-order valence-electron chi connectivity index (χ1n) is 35.1. The van der Waals surface area contributed by atoms with Gasteiger partial charge >= 0.3 is 0 Å². The summed E-state index contributed by atoms with van der Waals surface area (Å²) in [6, 6.07) is 37.3. The van der Waals surface area contributed by atoms with Gasteiger partial charge in [0, 0.05) is 10.8 Å². The fourth-order valence-electron chi connectivity index (χ4n) is 14.2. The van der Waals surface area contributed by atoms with Gasteiger partial charge in [0.15, 0.2) is 0 Å². The molecule has 0 fully saturated rings. The van der Waals surface area contributed by atoms with Gasteiger partial charge in [-0.1, -0.05) is 385 Å². The Bertz CT molecular complexity index is 2500. The van der Waals surface area contributed by atoms with Crippen molar-refractivity contribution in [1.29, 1.82) is 0 Å². The highest BCUT2D eigenvalue weighted by Gasteiger charge is 2.61. The molecule has 0 heteroatoms. The van der Waals surface area contributed by atoms with Crippen LogP contribution in [-0.4, -0.2) is 0 Å². The van der Waals surface area contributed by atoms with Crippen LogP contribution in [-0.2, 0) is 10.8 Å². The van der Waals surface area contributed by atoms with Crippen LogP contribution < -0.4 is 0 Å². The van der Waals surface area contributed by atoms with E-state index in [4.69, 9.17) is 0 Å². The van der Waals surface area contributed by atoms with Gasteiger partial charge in [-0.2, -0.15) is 0 Å². The highest BCUT2D eigenvalue weighted by molar-refractivity contribution is 5.96. The minimum Gasteiger partial charge on any atom is -0.0776 e. The maximum Gasteiger partial charge on any atom is 0.0497 e. The minimum atomic E-state index is 0. The number of allylic oxidation sites excluding steroid dienone is 8. The van der Waals surface area contributed by atoms with Crippen molar-refractivity contribution in [3.8, 4) is 0 Å². The number of rotatable bonds is 0. The van der Waals surface area contributed by atoms with E-state index in [9.17, 15) is 0 Å². The van der Waals surface area contributed by atoms with Crippen LogP contribution in [0.1, 0.15) is 359 Å². The monoisotopic (exact) mass is 1190 g/mol. The zero-order valence-corrected chi connectivity index (χ0v) is 60.5. The molecular formula is C86H152. The molecule has 0 saturated heterocycles. The molecule has 2 spiro atoms. The highest BCUT2D eigenvalue weighted by Crippen LogP contribution is 2.71. The van der Waals surface area contributed by atoms with E-state index in [1.807, 2.05) is 111 Å². The number of benzene rings is 4. The largest absolute Gasteiger partial charge is 0.0776 e. The van der Waals surface area contributed by atoms with Gasteiger partial charge in [-0.3, -0.25) is 0 Å². The van der Waals surface area contributed by atoms with Gasteiger partial charge in [-0.05, 0) is 151 Å². The third-order valence-corrected chi connectivity index (χ3v) is 17.3. The van der Waals surface area contributed by atoms with Crippen LogP contribution in [0.25, 0.3) is 11.1 Å². The van der Waals surface area contributed by atoms with Gasteiger partial charge in [-0.25, -0.2) is 0 Å². The lowest BCUT2D eigenvalue weighted by molar-refractivity contribution is 0.385. The second-order valence-corrected chi connectivity index (χ2v) is 21.9. The second-order valence-electron chi connectivity index (χ2n) is 21.9. The van der Waals surface area contributed by atoms with Crippen molar-refractivity contribution < 1.29 is 0 Å². The summed E-state index contributed by atoms with van der Waals surface area (Å²) in [5.41, 5.74) is 26.4. The Balaban J connectivity index is -0.000000255. The topological polar surface area (TPSA) is 0 Å². The Kier molecular flexibility index (Phi) is 51.7. The molecule has 2 unspecified atom stereocenters. The SMILES string of the molecule is C.C.C.C.CC.CC.CC.CC.CC.CC.CC.CC.CCC.CCC.CCC.CCC.C[C@@H]1C2=C(CC3=C2C2(c4ccccc43)c3ccccc3[C@@H](C)[C@H]2C)C[C@@H]1C.C[C@@H]1C2=C(C[C@@H]1C)C1=C(C2)C2(c3ccccc31)c1ccccc1[C@@H](C)[C@H]2C. The van der Waals surface area contributed by atoms with Gasteiger partial charge < -0.3 is 0 Å². The van der Waals surface area contributed by atoms with Crippen LogP contribution in [0.15, 0.2) is 131 Å². The van der Waals surface area contributed by atoms with E-state index in [0.717, 1.165) is 17.8 Å². The van der Waals surface area contributed by atoms with Gasteiger partial charge in [0.25, 0.3) is 0 Å². The van der Waals surface area contributed by atoms with Crippen LogP contribution >= 0.6 is 0 Å². The van der Waals surface area contributed by atoms with E-state index in [0.29, 0.717) is 29.6 Å². The smallest absolute Gasteiger partial charge is 0.0497 e. The molecule has 0 aromatic heterocycles. The van der Waals surface area contributed by atoms with Crippen molar-refractivity contribution in [2.45, 2.75) is 325 Å². The Labute approximate surface area is 544 Å². The Hall–Kier alpha value is -4.16. The van der Waals surface area contributed by atoms with E-state index < -0.39 is 0 Å². The Morgan fingerprint density at radius 3 is 1.09 bits per heavy atom. The zero-order chi connectivity index (χ0) is 63.8. The third kappa shape index (κ3) is 17.6. The molecule has 4 aromatic carbocycles. The molecule has 4 aromatic rings. The maximum atomic E-state index is 2.51. The summed E-state index contributed by atoms with van der Waals surface area (Å²) < 4.78 is 0. The van der Waals surface area contributed by atoms with Crippen LogP contribution in [0, 0.1) is 35.5 Å². The van der Waals surface area contributed by atoms with Crippen LogP contribution in [0.5, 0.6) is 0 Å². The molecule has 0 nitrogen and oxygen atoms in total. The molecule has 86 heavy (non-hydrogen) atoms.